The summed E-state index contributed by atoms with van der Waals surface area (Å²) in [5.74, 6) is 1.28. The molecule has 0 saturated heterocycles. The summed E-state index contributed by atoms with van der Waals surface area (Å²) < 4.78 is 11.2. The molecule has 0 fully saturated rings. The highest BCUT2D eigenvalue weighted by molar-refractivity contribution is 7.99. The molecule has 0 radical (unpaired) electrons. The van der Waals surface area contributed by atoms with Gasteiger partial charge in [0, 0.05) is 40.4 Å². The van der Waals surface area contributed by atoms with E-state index in [9.17, 15) is 9.00 Å². The van der Waals surface area contributed by atoms with Crippen molar-refractivity contribution in [3.05, 3.63) is 59.4 Å². The maximum Gasteiger partial charge on any atom is 0.271 e. The Kier molecular flexibility index (Phi) is 6.80. The first-order valence-corrected chi connectivity index (χ1v) is 10.0. The zero-order valence-corrected chi connectivity index (χ0v) is 14.9. The van der Waals surface area contributed by atoms with Crippen molar-refractivity contribution >= 4 is 28.5 Å². The average molecular weight is 348 g/mol. The van der Waals surface area contributed by atoms with Crippen LogP contribution in [0.5, 0.6) is 0 Å². The third-order valence-electron chi connectivity index (χ3n) is 3.13. The van der Waals surface area contributed by atoms with E-state index >= 15 is 0 Å². The number of amides is 1. The van der Waals surface area contributed by atoms with E-state index in [2.05, 4.69) is 10.3 Å². The average Bonchev–Trinajstić information content (AvgIpc) is 2.54. The van der Waals surface area contributed by atoms with Gasteiger partial charge in [-0.3, -0.25) is 9.00 Å². The summed E-state index contributed by atoms with van der Waals surface area (Å²) in [6, 6.07) is 11.5. The highest BCUT2D eigenvalue weighted by Gasteiger charge is 2.12. The standard InChI is InChI=1S/C17H20N2O2S2/c1-3-22-15-5-4-10-18-16(15)17(20)19-11-13-6-8-14(9-7-13)12-23(2)21/h4-10H,3,11-12H2,1-2H3,(H,19,20). The van der Waals surface area contributed by atoms with Gasteiger partial charge in [0.25, 0.3) is 5.91 Å². The Hall–Kier alpha value is -1.66. The summed E-state index contributed by atoms with van der Waals surface area (Å²) in [5.41, 5.74) is 2.51. The van der Waals surface area contributed by atoms with E-state index in [1.165, 1.54) is 0 Å². The minimum Gasteiger partial charge on any atom is -0.347 e. The van der Waals surface area contributed by atoms with E-state index < -0.39 is 10.8 Å². The Morgan fingerprint density at radius 2 is 1.91 bits per heavy atom. The molecule has 0 spiro atoms. The third-order valence-corrected chi connectivity index (χ3v) is 4.80. The second-order valence-electron chi connectivity index (χ2n) is 5.00. The lowest BCUT2D eigenvalue weighted by molar-refractivity contribution is 0.0942. The van der Waals surface area contributed by atoms with Crippen LogP contribution in [0.3, 0.4) is 0 Å². The van der Waals surface area contributed by atoms with Crippen LogP contribution in [0, 0.1) is 0 Å². The minimum atomic E-state index is -0.844. The Morgan fingerprint density at radius 1 is 1.22 bits per heavy atom. The van der Waals surface area contributed by atoms with Crippen LogP contribution >= 0.6 is 11.8 Å². The molecule has 23 heavy (non-hydrogen) atoms. The number of aromatic nitrogens is 1. The Morgan fingerprint density at radius 3 is 2.57 bits per heavy atom. The van der Waals surface area contributed by atoms with E-state index in [1.54, 1.807) is 24.2 Å². The predicted octanol–water partition coefficient (Wildman–Crippen LogP) is 3.00. The lowest BCUT2D eigenvalue weighted by Crippen LogP contribution is -2.24. The molecular weight excluding hydrogens is 328 g/mol. The second kappa shape index (κ2) is 8.84. The zero-order valence-electron chi connectivity index (χ0n) is 13.2. The van der Waals surface area contributed by atoms with Crippen molar-refractivity contribution in [2.75, 3.05) is 12.0 Å². The monoisotopic (exact) mass is 348 g/mol. The molecule has 0 saturated carbocycles. The highest BCUT2D eigenvalue weighted by atomic mass is 32.2. The van der Waals surface area contributed by atoms with E-state index in [4.69, 9.17) is 0 Å². The first kappa shape index (κ1) is 17.7. The van der Waals surface area contributed by atoms with Gasteiger partial charge >= 0.3 is 0 Å². The molecule has 1 aromatic carbocycles. The Labute approximate surface area is 143 Å². The molecule has 1 heterocycles. The molecule has 1 N–H and O–H groups in total. The van der Waals surface area contributed by atoms with Crippen LogP contribution in [-0.4, -0.2) is 27.1 Å². The van der Waals surface area contributed by atoms with Crippen molar-refractivity contribution in [2.45, 2.75) is 24.1 Å². The van der Waals surface area contributed by atoms with E-state index in [0.29, 0.717) is 18.0 Å². The minimum absolute atomic E-state index is 0.166. The molecule has 0 aliphatic rings. The summed E-state index contributed by atoms with van der Waals surface area (Å²) in [6.07, 6.45) is 3.32. The lowest BCUT2D eigenvalue weighted by Gasteiger charge is -2.09. The largest absolute Gasteiger partial charge is 0.347 e. The third kappa shape index (κ3) is 5.48. The molecule has 2 aromatic rings. The van der Waals surface area contributed by atoms with Gasteiger partial charge in [-0.2, -0.15) is 0 Å². The number of benzene rings is 1. The summed E-state index contributed by atoms with van der Waals surface area (Å²) >= 11 is 1.61. The molecule has 0 aliphatic heterocycles. The molecule has 4 nitrogen and oxygen atoms in total. The fraction of sp³-hybridized carbons (Fsp3) is 0.294. The van der Waals surface area contributed by atoms with E-state index in [-0.39, 0.29) is 5.91 Å². The predicted molar refractivity (Wildman–Crippen MR) is 96.0 cm³/mol. The van der Waals surface area contributed by atoms with Crippen molar-refractivity contribution in [2.24, 2.45) is 0 Å². The first-order chi connectivity index (χ1) is 11.1. The first-order valence-electron chi connectivity index (χ1n) is 7.34. The summed E-state index contributed by atoms with van der Waals surface area (Å²) in [5, 5.41) is 2.90. The molecule has 1 amide bonds. The van der Waals surface area contributed by atoms with Gasteiger partial charge in [0.1, 0.15) is 5.69 Å². The van der Waals surface area contributed by atoms with Gasteiger partial charge in [-0.05, 0) is 29.0 Å². The second-order valence-corrected chi connectivity index (χ2v) is 7.74. The van der Waals surface area contributed by atoms with Crippen LogP contribution in [0.4, 0.5) is 0 Å². The molecule has 6 heteroatoms. The maximum atomic E-state index is 12.3. The zero-order chi connectivity index (χ0) is 16.7. The van der Waals surface area contributed by atoms with Gasteiger partial charge in [-0.15, -0.1) is 11.8 Å². The number of pyridine rings is 1. The highest BCUT2D eigenvalue weighted by Crippen LogP contribution is 2.20. The number of nitrogens with one attached hydrogen (secondary N) is 1. The number of carbonyl (C=O) groups is 1. The van der Waals surface area contributed by atoms with E-state index in [1.807, 2.05) is 43.3 Å². The molecule has 0 aliphatic carbocycles. The molecule has 0 bridgehead atoms. The fourth-order valence-corrected chi connectivity index (χ4v) is 3.52. The molecule has 122 valence electrons. The van der Waals surface area contributed by atoms with Gasteiger partial charge in [-0.1, -0.05) is 31.2 Å². The van der Waals surface area contributed by atoms with Crippen molar-refractivity contribution in [1.82, 2.24) is 10.3 Å². The lowest BCUT2D eigenvalue weighted by atomic mass is 10.1. The Balaban J connectivity index is 1.98. The van der Waals surface area contributed by atoms with Gasteiger partial charge < -0.3 is 5.32 Å². The summed E-state index contributed by atoms with van der Waals surface area (Å²) in [6.45, 7) is 2.49. The van der Waals surface area contributed by atoms with Crippen LogP contribution in [0.2, 0.25) is 0 Å². The molecule has 1 aromatic heterocycles. The fourth-order valence-electron chi connectivity index (χ4n) is 2.09. The molecule has 1 atom stereocenters. The summed E-state index contributed by atoms with van der Waals surface area (Å²) in [4.78, 5) is 17.4. The van der Waals surface area contributed by atoms with Crippen molar-refractivity contribution < 1.29 is 9.00 Å². The van der Waals surface area contributed by atoms with E-state index in [0.717, 1.165) is 21.8 Å². The van der Waals surface area contributed by atoms with Gasteiger partial charge in [0.15, 0.2) is 0 Å². The normalized spacial score (nSPS) is 11.9. The van der Waals surface area contributed by atoms with Crippen molar-refractivity contribution in [1.29, 1.82) is 0 Å². The van der Waals surface area contributed by atoms with Gasteiger partial charge in [0.05, 0.1) is 0 Å². The van der Waals surface area contributed by atoms with Crippen LogP contribution in [0.25, 0.3) is 0 Å². The molecular formula is C17H20N2O2S2. The number of thioether (sulfide) groups is 1. The quantitative estimate of drug-likeness (QED) is 0.782. The topological polar surface area (TPSA) is 59.1 Å². The van der Waals surface area contributed by atoms with Gasteiger partial charge in [-0.25, -0.2) is 4.98 Å². The van der Waals surface area contributed by atoms with Crippen molar-refractivity contribution in [3.63, 3.8) is 0 Å². The van der Waals surface area contributed by atoms with Crippen LogP contribution in [0.1, 0.15) is 28.5 Å². The van der Waals surface area contributed by atoms with Crippen LogP contribution in [-0.2, 0) is 23.1 Å². The maximum absolute atomic E-state index is 12.3. The number of hydrogen-bond acceptors (Lipinski definition) is 4. The summed E-state index contributed by atoms with van der Waals surface area (Å²) in [7, 11) is -0.844. The van der Waals surface area contributed by atoms with Crippen molar-refractivity contribution in [3.8, 4) is 0 Å². The number of nitrogens with zero attached hydrogens (tertiary/aromatic N) is 1. The smallest absolute Gasteiger partial charge is 0.271 e. The molecule has 2 rings (SSSR count). The number of rotatable bonds is 7. The number of carbonyl (C=O) groups excluding carboxylic acids is 1. The molecule has 1 unspecified atom stereocenters. The van der Waals surface area contributed by atoms with Crippen LogP contribution < -0.4 is 5.32 Å². The van der Waals surface area contributed by atoms with Gasteiger partial charge in [0.2, 0.25) is 0 Å². The SMILES string of the molecule is CCSc1cccnc1C(=O)NCc1ccc(CS(C)=O)cc1. The van der Waals surface area contributed by atoms with Crippen LogP contribution in [0.15, 0.2) is 47.5 Å². The number of hydrogen-bond donors (Lipinski definition) is 1. The Bertz CT molecular complexity index is 687.